The Balaban J connectivity index is 1.65. The number of nitrogens with zero attached hydrogens (tertiary/aromatic N) is 1. The van der Waals surface area contributed by atoms with Gasteiger partial charge in [0.25, 0.3) is 0 Å². The topological polar surface area (TPSA) is 47.7 Å². The van der Waals surface area contributed by atoms with Crippen LogP contribution in [-0.4, -0.2) is 25.8 Å². The summed E-state index contributed by atoms with van der Waals surface area (Å²) in [5, 5.41) is 0. The normalized spacial score (nSPS) is 16.8. The Kier molecular flexibility index (Phi) is 4.09. The van der Waals surface area contributed by atoms with Crippen molar-refractivity contribution in [3.05, 3.63) is 48.0 Å². The smallest absolute Gasteiger partial charge is 0.143 e. The zero-order chi connectivity index (χ0) is 15.5. The molecule has 4 heteroatoms. The van der Waals surface area contributed by atoms with Crippen LogP contribution in [0.4, 0.5) is 11.4 Å². The molecular formula is C18H22N2O2. The molecule has 116 valence electrons. The van der Waals surface area contributed by atoms with E-state index in [-0.39, 0.29) is 6.10 Å². The number of benzene rings is 2. The minimum absolute atomic E-state index is 0.162. The molecule has 0 bridgehead atoms. The third kappa shape index (κ3) is 3.27. The molecule has 1 unspecified atom stereocenters. The molecule has 2 aromatic rings. The van der Waals surface area contributed by atoms with Gasteiger partial charge in [0.1, 0.15) is 24.2 Å². The van der Waals surface area contributed by atoms with Crippen molar-refractivity contribution < 1.29 is 9.47 Å². The largest absolute Gasteiger partial charge is 0.492 e. The van der Waals surface area contributed by atoms with Crippen molar-refractivity contribution in [1.82, 2.24) is 0 Å². The first-order valence-corrected chi connectivity index (χ1v) is 7.62. The lowest BCUT2D eigenvalue weighted by Crippen LogP contribution is -2.40. The fourth-order valence-electron chi connectivity index (χ4n) is 2.66. The average molecular weight is 298 g/mol. The van der Waals surface area contributed by atoms with Crippen molar-refractivity contribution in [3.63, 3.8) is 0 Å². The summed E-state index contributed by atoms with van der Waals surface area (Å²) in [6.07, 6.45) is 0.162. The van der Waals surface area contributed by atoms with Crippen LogP contribution in [0.25, 0.3) is 0 Å². The van der Waals surface area contributed by atoms with Crippen LogP contribution in [0, 0.1) is 6.92 Å². The number of hydrogen-bond acceptors (Lipinski definition) is 4. The van der Waals surface area contributed by atoms with Gasteiger partial charge in [-0.1, -0.05) is 17.7 Å². The number of nitrogen functional groups attached to an aromatic ring is 1. The van der Waals surface area contributed by atoms with Crippen molar-refractivity contribution in [3.8, 4) is 11.5 Å². The predicted octanol–water partition coefficient (Wildman–Crippen LogP) is 3.24. The van der Waals surface area contributed by atoms with Crippen molar-refractivity contribution in [2.45, 2.75) is 20.0 Å². The minimum atomic E-state index is 0.162. The zero-order valence-corrected chi connectivity index (χ0v) is 13.1. The summed E-state index contributed by atoms with van der Waals surface area (Å²) < 4.78 is 11.7. The molecule has 1 heterocycles. The summed E-state index contributed by atoms with van der Waals surface area (Å²) in [5.74, 6) is 1.79. The highest BCUT2D eigenvalue weighted by Crippen LogP contribution is 2.34. The van der Waals surface area contributed by atoms with Crippen LogP contribution in [0.5, 0.6) is 11.5 Å². The summed E-state index contributed by atoms with van der Waals surface area (Å²) >= 11 is 0. The highest BCUT2D eigenvalue weighted by Gasteiger charge is 2.22. The molecule has 0 aromatic heterocycles. The highest BCUT2D eigenvalue weighted by atomic mass is 16.5. The summed E-state index contributed by atoms with van der Waals surface area (Å²) in [6, 6.07) is 13.9. The Morgan fingerprint density at radius 3 is 2.77 bits per heavy atom. The molecule has 1 atom stereocenters. The van der Waals surface area contributed by atoms with Crippen LogP contribution >= 0.6 is 0 Å². The molecule has 22 heavy (non-hydrogen) atoms. The molecular weight excluding hydrogens is 276 g/mol. The lowest BCUT2D eigenvalue weighted by atomic mass is 10.2. The summed E-state index contributed by atoms with van der Waals surface area (Å²) in [5.41, 5.74) is 8.93. The van der Waals surface area contributed by atoms with Gasteiger partial charge in [-0.2, -0.15) is 0 Å². The van der Waals surface area contributed by atoms with E-state index in [1.165, 1.54) is 5.56 Å². The molecule has 0 fully saturated rings. The average Bonchev–Trinajstić information content (AvgIpc) is 2.50. The second kappa shape index (κ2) is 6.18. The first-order chi connectivity index (χ1) is 10.6. The molecule has 1 aliphatic heterocycles. The van der Waals surface area contributed by atoms with E-state index in [1.807, 2.05) is 30.3 Å². The van der Waals surface area contributed by atoms with Crippen molar-refractivity contribution in [2.75, 3.05) is 30.3 Å². The van der Waals surface area contributed by atoms with Crippen LogP contribution in [0.1, 0.15) is 12.5 Å². The number of hydrogen-bond donors (Lipinski definition) is 1. The molecule has 0 radical (unpaired) electrons. The number of anilines is 2. The van der Waals surface area contributed by atoms with Crippen LogP contribution in [0.2, 0.25) is 0 Å². The van der Waals surface area contributed by atoms with Gasteiger partial charge in [0.15, 0.2) is 0 Å². The molecule has 0 spiro atoms. The predicted molar refractivity (Wildman–Crippen MR) is 89.8 cm³/mol. The van der Waals surface area contributed by atoms with Gasteiger partial charge in [-0.05, 0) is 44.2 Å². The van der Waals surface area contributed by atoms with Crippen molar-refractivity contribution >= 4 is 11.4 Å². The summed E-state index contributed by atoms with van der Waals surface area (Å²) in [7, 11) is 0. The van der Waals surface area contributed by atoms with Gasteiger partial charge in [0.2, 0.25) is 0 Å². The third-order valence-corrected chi connectivity index (χ3v) is 3.78. The fraction of sp³-hybridized carbons (Fsp3) is 0.333. The van der Waals surface area contributed by atoms with E-state index in [2.05, 4.69) is 30.9 Å². The van der Waals surface area contributed by atoms with Crippen LogP contribution in [0.3, 0.4) is 0 Å². The van der Waals surface area contributed by atoms with Gasteiger partial charge in [-0.25, -0.2) is 0 Å². The monoisotopic (exact) mass is 298 g/mol. The first-order valence-electron chi connectivity index (χ1n) is 7.62. The van der Waals surface area contributed by atoms with Gasteiger partial charge >= 0.3 is 0 Å². The zero-order valence-electron chi connectivity index (χ0n) is 13.1. The quantitative estimate of drug-likeness (QED) is 0.880. The SMILES string of the molecule is Cc1ccc(OCCN2CC(C)Oc3ccc(N)cc32)cc1. The van der Waals surface area contributed by atoms with E-state index in [0.29, 0.717) is 6.61 Å². The van der Waals surface area contributed by atoms with E-state index in [0.717, 1.165) is 36.0 Å². The van der Waals surface area contributed by atoms with Crippen LogP contribution in [0.15, 0.2) is 42.5 Å². The second-order valence-corrected chi connectivity index (χ2v) is 5.76. The Hall–Kier alpha value is -2.36. The molecule has 0 saturated carbocycles. The Bertz CT molecular complexity index is 640. The maximum Gasteiger partial charge on any atom is 0.143 e. The highest BCUT2D eigenvalue weighted by molar-refractivity contribution is 5.66. The molecule has 0 saturated heterocycles. The summed E-state index contributed by atoms with van der Waals surface area (Å²) in [6.45, 7) is 6.42. The Morgan fingerprint density at radius 2 is 2.00 bits per heavy atom. The Morgan fingerprint density at radius 1 is 1.23 bits per heavy atom. The molecule has 1 aliphatic rings. The van der Waals surface area contributed by atoms with E-state index < -0.39 is 0 Å². The van der Waals surface area contributed by atoms with Gasteiger partial charge < -0.3 is 20.1 Å². The number of rotatable bonds is 4. The van der Waals surface area contributed by atoms with Gasteiger partial charge in [-0.15, -0.1) is 0 Å². The molecule has 0 amide bonds. The molecule has 2 N–H and O–H groups in total. The standard InChI is InChI=1S/C18H22N2O2/c1-13-3-6-16(7-4-13)21-10-9-20-12-14(2)22-18-8-5-15(19)11-17(18)20/h3-8,11,14H,9-10,12,19H2,1-2H3. The fourth-order valence-corrected chi connectivity index (χ4v) is 2.66. The Labute approximate surface area is 131 Å². The third-order valence-electron chi connectivity index (χ3n) is 3.78. The lowest BCUT2D eigenvalue weighted by molar-refractivity contribution is 0.208. The maximum atomic E-state index is 5.90. The molecule has 0 aliphatic carbocycles. The number of aryl methyl sites for hydroxylation is 1. The van der Waals surface area contributed by atoms with Gasteiger partial charge in [-0.3, -0.25) is 0 Å². The minimum Gasteiger partial charge on any atom is -0.492 e. The molecule has 3 rings (SSSR count). The number of ether oxygens (including phenoxy) is 2. The second-order valence-electron chi connectivity index (χ2n) is 5.76. The van der Waals surface area contributed by atoms with E-state index in [9.17, 15) is 0 Å². The van der Waals surface area contributed by atoms with Gasteiger partial charge in [0.05, 0.1) is 18.8 Å². The van der Waals surface area contributed by atoms with Crippen molar-refractivity contribution in [2.24, 2.45) is 0 Å². The van der Waals surface area contributed by atoms with Crippen LogP contribution < -0.4 is 20.1 Å². The van der Waals surface area contributed by atoms with Crippen molar-refractivity contribution in [1.29, 1.82) is 0 Å². The number of fused-ring (bicyclic) bond motifs is 1. The molecule has 2 aromatic carbocycles. The van der Waals surface area contributed by atoms with E-state index in [4.69, 9.17) is 15.2 Å². The van der Waals surface area contributed by atoms with E-state index >= 15 is 0 Å². The molecule has 4 nitrogen and oxygen atoms in total. The lowest BCUT2D eigenvalue weighted by Gasteiger charge is -2.35. The summed E-state index contributed by atoms with van der Waals surface area (Å²) in [4.78, 5) is 2.27. The van der Waals surface area contributed by atoms with Gasteiger partial charge in [0, 0.05) is 5.69 Å². The first kappa shape index (κ1) is 14.6. The van der Waals surface area contributed by atoms with Crippen LogP contribution in [-0.2, 0) is 0 Å². The number of nitrogens with two attached hydrogens (primary N) is 1. The van der Waals surface area contributed by atoms with E-state index in [1.54, 1.807) is 0 Å². The maximum absolute atomic E-state index is 5.90.